The maximum Gasteiger partial charge on any atom is 0.270 e. The topological polar surface area (TPSA) is 140 Å². The fourth-order valence-corrected chi connectivity index (χ4v) is 2.96. The van der Waals surface area contributed by atoms with Crippen LogP contribution in [0, 0.1) is 0 Å². The van der Waals surface area contributed by atoms with Gasteiger partial charge in [-0.25, -0.2) is 18.5 Å². The Kier molecular flexibility index (Phi) is 6.20. The van der Waals surface area contributed by atoms with Crippen molar-refractivity contribution in [3.05, 3.63) is 40.9 Å². The lowest BCUT2D eigenvalue weighted by atomic mass is 10.2. The molecule has 0 saturated carbocycles. The molecule has 0 atom stereocenters. The van der Waals surface area contributed by atoms with E-state index in [1.807, 2.05) is 0 Å². The van der Waals surface area contributed by atoms with Crippen LogP contribution in [-0.4, -0.2) is 45.5 Å². The van der Waals surface area contributed by atoms with Crippen molar-refractivity contribution in [2.75, 3.05) is 25.6 Å². The van der Waals surface area contributed by atoms with E-state index in [9.17, 15) is 18.0 Å². The molecule has 2 aromatic rings. The van der Waals surface area contributed by atoms with Crippen molar-refractivity contribution >= 4 is 38.3 Å². The summed E-state index contributed by atoms with van der Waals surface area (Å²) in [5.74, 6) is -0.854. The van der Waals surface area contributed by atoms with Gasteiger partial charge in [-0.05, 0) is 24.3 Å². The Morgan fingerprint density at radius 3 is 2.52 bits per heavy atom. The summed E-state index contributed by atoms with van der Waals surface area (Å²) in [6, 6.07) is 5.14. The molecule has 0 bridgehead atoms. The molecule has 1 heterocycles. The molecule has 4 N–H and O–H groups in total. The predicted molar refractivity (Wildman–Crippen MR) is 92.1 cm³/mol. The molecule has 0 fully saturated rings. The zero-order valence-corrected chi connectivity index (χ0v) is 14.8. The summed E-state index contributed by atoms with van der Waals surface area (Å²) in [5.41, 5.74) is 0.412. The lowest BCUT2D eigenvalue weighted by molar-refractivity contribution is 0.0931. The van der Waals surface area contributed by atoms with Crippen LogP contribution < -0.4 is 15.8 Å². The van der Waals surface area contributed by atoms with E-state index in [-0.39, 0.29) is 27.2 Å². The normalized spacial score (nSPS) is 11.1. The molecule has 1 aromatic heterocycles. The number of primary sulfonamides is 1. The monoisotopic (exact) mass is 384 g/mol. The van der Waals surface area contributed by atoms with E-state index in [1.54, 1.807) is 0 Å². The quantitative estimate of drug-likeness (QED) is 0.591. The largest absolute Gasteiger partial charge is 0.383 e. The zero-order chi connectivity index (χ0) is 18.4. The van der Waals surface area contributed by atoms with E-state index in [2.05, 4.69) is 15.6 Å². The van der Waals surface area contributed by atoms with E-state index in [0.29, 0.717) is 13.2 Å². The van der Waals surface area contributed by atoms with Crippen LogP contribution in [0.25, 0.3) is 0 Å². The molecule has 11 heteroatoms. The average molecular weight is 384 g/mol. The maximum atomic E-state index is 12.1. The highest BCUT2D eigenvalue weighted by Gasteiger charge is 2.14. The first-order valence-corrected chi connectivity index (χ1v) is 9.40. The number of rotatable bonds is 7. The third-order valence-electron chi connectivity index (χ3n) is 2.99. The van der Waals surface area contributed by atoms with Gasteiger partial charge in [0.05, 0.1) is 11.5 Å². The van der Waals surface area contributed by atoms with E-state index in [1.165, 1.54) is 36.8 Å². The summed E-state index contributed by atoms with van der Waals surface area (Å²) in [5, 5.41) is 11.9. The highest BCUT2D eigenvalue weighted by molar-refractivity contribution is 7.89. The number of hydrogen-bond acceptors (Lipinski definition) is 7. The number of ether oxygens (including phenoxy) is 1. The van der Waals surface area contributed by atoms with Gasteiger partial charge in [-0.2, -0.15) is 0 Å². The minimum Gasteiger partial charge on any atom is -0.383 e. The number of nitrogens with one attached hydrogen (secondary N) is 2. The second-order valence-electron chi connectivity index (χ2n) is 4.81. The number of nitrogens with two attached hydrogens (primary N) is 1. The number of benzene rings is 1. The lowest BCUT2D eigenvalue weighted by Gasteiger charge is -2.03. The van der Waals surface area contributed by atoms with Gasteiger partial charge >= 0.3 is 0 Å². The Bertz CT molecular complexity index is 862. The van der Waals surface area contributed by atoms with E-state index < -0.39 is 15.9 Å². The first kappa shape index (κ1) is 19.0. The molecule has 0 saturated heterocycles. The molecule has 0 aliphatic heterocycles. The van der Waals surface area contributed by atoms with Crippen LogP contribution in [0.1, 0.15) is 20.8 Å². The number of carbonyl (C=O) groups is 2. The molecular weight excluding hydrogens is 368 g/mol. The van der Waals surface area contributed by atoms with Gasteiger partial charge in [0.2, 0.25) is 10.0 Å². The highest BCUT2D eigenvalue weighted by Crippen LogP contribution is 2.17. The summed E-state index contributed by atoms with van der Waals surface area (Å²) < 4.78 is 27.2. The second kappa shape index (κ2) is 8.16. The van der Waals surface area contributed by atoms with Gasteiger partial charge in [0.25, 0.3) is 11.8 Å². The second-order valence-corrected chi connectivity index (χ2v) is 7.23. The van der Waals surface area contributed by atoms with Crippen molar-refractivity contribution < 1.29 is 22.7 Å². The highest BCUT2D eigenvalue weighted by atomic mass is 32.2. The van der Waals surface area contributed by atoms with Gasteiger partial charge in [0.15, 0.2) is 5.13 Å². The maximum absolute atomic E-state index is 12.1. The molecule has 0 spiro atoms. The van der Waals surface area contributed by atoms with Crippen molar-refractivity contribution in [3.63, 3.8) is 0 Å². The van der Waals surface area contributed by atoms with Crippen LogP contribution in [0.2, 0.25) is 0 Å². The Labute approximate surface area is 148 Å². The molecule has 0 unspecified atom stereocenters. The zero-order valence-electron chi connectivity index (χ0n) is 13.2. The van der Waals surface area contributed by atoms with E-state index in [0.717, 1.165) is 11.3 Å². The first-order valence-electron chi connectivity index (χ1n) is 6.98. The fraction of sp³-hybridized carbons (Fsp3) is 0.214. The number of aromatic nitrogens is 1. The van der Waals surface area contributed by atoms with Crippen molar-refractivity contribution in [2.24, 2.45) is 5.14 Å². The molecule has 134 valence electrons. The number of sulfonamides is 1. The summed E-state index contributed by atoms with van der Waals surface area (Å²) in [7, 11) is -2.29. The summed E-state index contributed by atoms with van der Waals surface area (Å²) in [6.07, 6.45) is 0. The first-order chi connectivity index (χ1) is 11.8. The van der Waals surface area contributed by atoms with Crippen molar-refractivity contribution in [3.8, 4) is 0 Å². The number of hydrogen-bond donors (Lipinski definition) is 3. The van der Waals surface area contributed by atoms with Gasteiger partial charge in [-0.1, -0.05) is 0 Å². The Balaban J connectivity index is 2.00. The number of carbonyl (C=O) groups excluding carboxylic acids is 2. The molecule has 25 heavy (non-hydrogen) atoms. The van der Waals surface area contributed by atoms with Crippen LogP contribution >= 0.6 is 11.3 Å². The molecular formula is C14H16N4O5S2. The minimum atomic E-state index is -3.82. The summed E-state index contributed by atoms with van der Waals surface area (Å²) >= 11 is 1.10. The standard InChI is InChI=1S/C14H16N4O5S2/c1-23-7-6-16-13(20)11-8-24-14(17-11)18-12(19)9-2-4-10(5-3-9)25(15,21)22/h2-5,8H,6-7H2,1H3,(H,16,20)(H2,15,21,22)(H,17,18,19). The number of amides is 2. The van der Waals surface area contributed by atoms with Crippen LogP contribution in [0.3, 0.4) is 0 Å². The molecule has 0 aliphatic carbocycles. The van der Waals surface area contributed by atoms with E-state index in [4.69, 9.17) is 9.88 Å². The van der Waals surface area contributed by atoms with Gasteiger partial charge in [-0.3, -0.25) is 14.9 Å². The van der Waals surface area contributed by atoms with Crippen molar-refractivity contribution in [1.82, 2.24) is 10.3 Å². The Morgan fingerprint density at radius 2 is 1.92 bits per heavy atom. The molecule has 9 nitrogen and oxygen atoms in total. The van der Waals surface area contributed by atoms with Gasteiger partial charge in [0, 0.05) is 24.6 Å². The van der Waals surface area contributed by atoms with Crippen molar-refractivity contribution in [1.29, 1.82) is 0 Å². The van der Waals surface area contributed by atoms with Crippen molar-refractivity contribution in [2.45, 2.75) is 4.90 Å². The minimum absolute atomic E-state index is 0.0895. The Morgan fingerprint density at radius 1 is 1.24 bits per heavy atom. The lowest BCUT2D eigenvalue weighted by Crippen LogP contribution is -2.27. The predicted octanol–water partition coefficient (Wildman–Crippen LogP) is 0.419. The third kappa shape index (κ3) is 5.32. The smallest absolute Gasteiger partial charge is 0.270 e. The van der Waals surface area contributed by atoms with Gasteiger partial charge in [0.1, 0.15) is 5.69 Å². The van der Waals surface area contributed by atoms with Gasteiger partial charge < -0.3 is 10.1 Å². The average Bonchev–Trinajstić information content (AvgIpc) is 3.03. The van der Waals surface area contributed by atoms with Crippen LogP contribution in [0.5, 0.6) is 0 Å². The fourth-order valence-electron chi connectivity index (χ4n) is 1.76. The summed E-state index contributed by atoms with van der Waals surface area (Å²) in [4.78, 5) is 27.9. The number of thiazole rings is 1. The third-order valence-corrected chi connectivity index (χ3v) is 4.68. The van der Waals surface area contributed by atoms with E-state index >= 15 is 0 Å². The summed E-state index contributed by atoms with van der Waals surface area (Å²) in [6.45, 7) is 0.735. The number of methoxy groups -OCH3 is 1. The van der Waals surface area contributed by atoms with Crippen LogP contribution in [0.4, 0.5) is 5.13 Å². The Hall–Kier alpha value is -2.34. The molecule has 0 aliphatic rings. The molecule has 0 radical (unpaired) electrons. The molecule has 2 amide bonds. The van der Waals surface area contributed by atoms with Crippen LogP contribution in [-0.2, 0) is 14.8 Å². The molecule has 1 aromatic carbocycles. The SMILES string of the molecule is COCCNC(=O)c1csc(NC(=O)c2ccc(S(N)(=O)=O)cc2)n1. The van der Waals surface area contributed by atoms with Gasteiger partial charge in [-0.15, -0.1) is 11.3 Å². The number of anilines is 1. The molecule has 2 rings (SSSR count). The number of nitrogens with zero attached hydrogens (tertiary/aromatic N) is 1. The van der Waals surface area contributed by atoms with Crippen LogP contribution in [0.15, 0.2) is 34.5 Å².